The second kappa shape index (κ2) is 6.26. The van der Waals surface area contributed by atoms with E-state index in [0.717, 1.165) is 32.1 Å². The molecule has 2 N–H and O–H groups in total. The zero-order chi connectivity index (χ0) is 14.5. The number of carbonyl (C=O) groups excluding carboxylic acids is 1. The van der Waals surface area contributed by atoms with Crippen LogP contribution in [0.3, 0.4) is 0 Å². The van der Waals surface area contributed by atoms with Gasteiger partial charge in [0.2, 0.25) is 0 Å². The second-order valence-corrected chi connectivity index (χ2v) is 6.36. The van der Waals surface area contributed by atoms with Crippen LogP contribution in [0.5, 0.6) is 0 Å². The summed E-state index contributed by atoms with van der Waals surface area (Å²) in [4.78, 5) is 22.7. The molecule has 0 bridgehead atoms. The molecular formula is C14H25NO4. The number of aliphatic carboxylic acids is 1. The summed E-state index contributed by atoms with van der Waals surface area (Å²) in [6.07, 6.45) is 4.96. The van der Waals surface area contributed by atoms with Crippen molar-refractivity contribution in [3.63, 3.8) is 0 Å². The van der Waals surface area contributed by atoms with Crippen molar-refractivity contribution in [1.29, 1.82) is 0 Å². The highest BCUT2D eigenvalue weighted by Crippen LogP contribution is 2.32. The number of rotatable bonds is 4. The number of alkyl carbamates (subject to hydrolysis) is 1. The Morgan fingerprint density at radius 3 is 2.26 bits per heavy atom. The van der Waals surface area contributed by atoms with E-state index in [1.165, 1.54) is 0 Å². The summed E-state index contributed by atoms with van der Waals surface area (Å²) >= 11 is 0. The van der Waals surface area contributed by atoms with Crippen molar-refractivity contribution in [2.24, 2.45) is 0 Å². The predicted octanol–water partition coefficient (Wildman–Crippen LogP) is 3.08. The summed E-state index contributed by atoms with van der Waals surface area (Å²) in [5.74, 6) is -0.823. The van der Waals surface area contributed by atoms with Crippen LogP contribution in [0.2, 0.25) is 0 Å². The van der Waals surface area contributed by atoms with Gasteiger partial charge in [0.05, 0.1) is 0 Å². The first kappa shape index (κ1) is 15.8. The van der Waals surface area contributed by atoms with E-state index in [2.05, 4.69) is 5.32 Å². The van der Waals surface area contributed by atoms with Gasteiger partial charge in [-0.1, -0.05) is 19.3 Å². The summed E-state index contributed by atoms with van der Waals surface area (Å²) in [5, 5.41) is 11.8. The van der Waals surface area contributed by atoms with Gasteiger partial charge in [-0.3, -0.25) is 4.79 Å². The quantitative estimate of drug-likeness (QED) is 0.824. The Kier molecular flexibility index (Phi) is 5.20. The van der Waals surface area contributed by atoms with Gasteiger partial charge in [0.25, 0.3) is 0 Å². The summed E-state index contributed by atoms with van der Waals surface area (Å²) < 4.78 is 5.27. The highest BCUT2D eigenvalue weighted by Gasteiger charge is 2.35. The van der Waals surface area contributed by atoms with Gasteiger partial charge >= 0.3 is 12.1 Å². The van der Waals surface area contributed by atoms with Crippen LogP contribution in [-0.4, -0.2) is 28.3 Å². The van der Waals surface area contributed by atoms with Crippen LogP contribution < -0.4 is 5.32 Å². The lowest BCUT2D eigenvalue weighted by molar-refractivity contribution is -0.137. The maximum Gasteiger partial charge on any atom is 0.408 e. The molecule has 1 fully saturated rings. The predicted molar refractivity (Wildman–Crippen MR) is 72.1 cm³/mol. The Balaban J connectivity index is 2.63. The average molecular weight is 271 g/mol. The van der Waals surface area contributed by atoms with Crippen molar-refractivity contribution >= 4 is 12.1 Å². The third-order valence-electron chi connectivity index (χ3n) is 3.39. The molecule has 0 aromatic heterocycles. The van der Waals surface area contributed by atoms with Crippen LogP contribution in [-0.2, 0) is 9.53 Å². The van der Waals surface area contributed by atoms with Gasteiger partial charge in [-0.05, 0) is 40.0 Å². The van der Waals surface area contributed by atoms with Crippen molar-refractivity contribution in [2.75, 3.05) is 0 Å². The maximum absolute atomic E-state index is 11.9. The molecule has 110 valence electrons. The van der Waals surface area contributed by atoms with E-state index in [0.29, 0.717) is 6.42 Å². The van der Waals surface area contributed by atoms with Gasteiger partial charge in [-0.15, -0.1) is 0 Å². The first-order valence-electron chi connectivity index (χ1n) is 6.95. The van der Waals surface area contributed by atoms with Gasteiger partial charge in [0.15, 0.2) is 0 Å². The number of amides is 1. The molecule has 0 saturated heterocycles. The molecule has 1 rings (SSSR count). The summed E-state index contributed by atoms with van der Waals surface area (Å²) in [6.45, 7) is 5.45. The SMILES string of the molecule is CC(C)(C)OC(=O)NC1(CCC(=O)O)CCCCC1. The summed E-state index contributed by atoms with van der Waals surface area (Å²) in [6, 6.07) is 0. The molecule has 0 unspecified atom stereocenters. The fourth-order valence-corrected chi connectivity index (χ4v) is 2.53. The fraction of sp³-hybridized carbons (Fsp3) is 0.857. The highest BCUT2D eigenvalue weighted by molar-refractivity contribution is 5.70. The third kappa shape index (κ3) is 5.94. The second-order valence-electron chi connectivity index (χ2n) is 6.36. The van der Waals surface area contributed by atoms with Crippen LogP contribution in [0.15, 0.2) is 0 Å². The zero-order valence-corrected chi connectivity index (χ0v) is 12.1. The van der Waals surface area contributed by atoms with Crippen molar-refractivity contribution in [3.05, 3.63) is 0 Å². The monoisotopic (exact) mass is 271 g/mol. The van der Waals surface area contributed by atoms with Crippen LogP contribution in [0.25, 0.3) is 0 Å². The van der Waals surface area contributed by atoms with Crippen molar-refractivity contribution < 1.29 is 19.4 Å². The Morgan fingerprint density at radius 1 is 1.21 bits per heavy atom. The Bertz CT molecular complexity index is 327. The molecule has 0 aliphatic heterocycles. The molecule has 5 heteroatoms. The Labute approximate surface area is 114 Å². The molecule has 19 heavy (non-hydrogen) atoms. The number of carboxylic acid groups (broad SMARTS) is 1. The van der Waals surface area contributed by atoms with E-state index in [-0.39, 0.29) is 6.42 Å². The zero-order valence-electron chi connectivity index (χ0n) is 12.1. The van der Waals surface area contributed by atoms with Crippen molar-refractivity contribution in [3.8, 4) is 0 Å². The number of hydrogen-bond donors (Lipinski definition) is 2. The minimum Gasteiger partial charge on any atom is -0.481 e. The van der Waals surface area contributed by atoms with Gasteiger partial charge in [-0.25, -0.2) is 4.79 Å². The molecular weight excluding hydrogens is 246 g/mol. The van der Waals surface area contributed by atoms with Gasteiger partial charge in [0.1, 0.15) is 5.60 Å². The lowest BCUT2D eigenvalue weighted by Crippen LogP contribution is -2.51. The molecule has 1 aliphatic carbocycles. The molecule has 1 saturated carbocycles. The van der Waals surface area contributed by atoms with Crippen LogP contribution in [0, 0.1) is 0 Å². The van der Waals surface area contributed by atoms with Crippen molar-refractivity contribution in [1.82, 2.24) is 5.32 Å². The van der Waals surface area contributed by atoms with Crippen LogP contribution in [0.4, 0.5) is 4.79 Å². The van der Waals surface area contributed by atoms with E-state index in [1.807, 2.05) is 20.8 Å². The lowest BCUT2D eigenvalue weighted by Gasteiger charge is -2.38. The highest BCUT2D eigenvalue weighted by atomic mass is 16.6. The van der Waals surface area contributed by atoms with E-state index < -0.39 is 23.2 Å². The van der Waals surface area contributed by atoms with E-state index >= 15 is 0 Å². The van der Waals surface area contributed by atoms with E-state index in [1.54, 1.807) is 0 Å². The summed E-state index contributed by atoms with van der Waals surface area (Å²) in [7, 11) is 0. The average Bonchev–Trinajstić information content (AvgIpc) is 2.25. The maximum atomic E-state index is 11.9. The Morgan fingerprint density at radius 2 is 1.79 bits per heavy atom. The molecule has 5 nitrogen and oxygen atoms in total. The van der Waals surface area contributed by atoms with Gasteiger partial charge in [0, 0.05) is 12.0 Å². The molecule has 0 aromatic rings. The normalized spacial score (nSPS) is 18.7. The molecule has 0 radical (unpaired) electrons. The molecule has 0 aromatic carbocycles. The minimum atomic E-state index is -0.823. The standard InChI is InChI=1S/C14H25NO4/c1-13(2,3)19-12(18)15-14(10-7-11(16)17)8-5-4-6-9-14/h4-10H2,1-3H3,(H,15,18)(H,16,17). The first-order valence-corrected chi connectivity index (χ1v) is 6.95. The third-order valence-corrected chi connectivity index (χ3v) is 3.39. The smallest absolute Gasteiger partial charge is 0.408 e. The van der Waals surface area contributed by atoms with Crippen LogP contribution in [0.1, 0.15) is 65.7 Å². The van der Waals surface area contributed by atoms with Crippen molar-refractivity contribution in [2.45, 2.75) is 76.9 Å². The molecule has 0 atom stereocenters. The molecule has 0 heterocycles. The van der Waals surface area contributed by atoms with E-state index in [4.69, 9.17) is 9.84 Å². The molecule has 1 aliphatic rings. The topological polar surface area (TPSA) is 75.6 Å². The largest absolute Gasteiger partial charge is 0.481 e. The fourth-order valence-electron chi connectivity index (χ4n) is 2.53. The minimum absolute atomic E-state index is 0.0792. The molecule has 1 amide bonds. The number of ether oxygens (including phenoxy) is 1. The lowest BCUT2D eigenvalue weighted by atomic mass is 9.78. The van der Waals surface area contributed by atoms with E-state index in [9.17, 15) is 9.59 Å². The number of carbonyl (C=O) groups is 2. The molecule has 0 spiro atoms. The first-order chi connectivity index (χ1) is 8.72. The summed E-state index contributed by atoms with van der Waals surface area (Å²) in [5.41, 5.74) is -0.939. The van der Waals surface area contributed by atoms with Crippen LogP contribution >= 0.6 is 0 Å². The Hall–Kier alpha value is -1.26. The van der Waals surface area contributed by atoms with Gasteiger partial charge in [-0.2, -0.15) is 0 Å². The number of nitrogens with one attached hydrogen (secondary N) is 1. The number of hydrogen-bond acceptors (Lipinski definition) is 3. The number of carboxylic acids is 1. The van der Waals surface area contributed by atoms with Gasteiger partial charge < -0.3 is 15.2 Å².